The lowest BCUT2D eigenvalue weighted by atomic mass is 9.91. The van der Waals surface area contributed by atoms with Crippen molar-refractivity contribution in [1.82, 2.24) is 14.1 Å². The van der Waals surface area contributed by atoms with Gasteiger partial charge in [0.1, 0.15) is 0 Å². The smallest absolute Gasteiger partial charge is 0.335 e. The summed E-state index contributed by atoms with van der Waals surface area (Å²) in [6.45, 7) is 1.66. The van der Waals surface area contributed by atoms with Crippen LogP contribution in [0.4, 0.5) is 5.69 Å². The Morgan fingerprint density at radius 2 is 1.79 bits per heavy atom. The van der Waals surface area contributed by atoms with E-state index in [4.69, 9.17) is 16.3 Å². The Bertz CT molecular complexity index is 1390. The van der Waals surface area contributed by atoms with Gasteiger partial charge in [0.05, 0.1) is 25.3 Å². The van der Waals surface area contributed by atoms with Gasteiger partial charge < -0.3 is 4.74 Å². The van der Waals surface area contributed by atoms with Crippen LogP contribution in [0, 0.1) is 5.92 Å². The van der Waals surface area contributed by atoms with Gasteiger partial charge >= 0.3 is 17.3 Å². The van der Waals surface area contributed by atoms with Crippen molar-refractivity contribution in [2.24, 2.45) is 10.9 Å². The van der Waals surface area contributed by atoms with Crippen molar-refractivity contribution >= 4 is 23.3 Å². The van der Waals surface area contributed by atoms with E-state index in [1.165, 1.54) is 29.2 Å². The monoisotopic (exact) mass is 482 g/mol. The number of hydrogen-bond acceptors (Lipinski definition) is 5. The van der Waals surface area contributed by atoms with Crippen LogP contribution in [0.3, 0.4) is 0 Å². The highest BCUT2D eigenvalue weighted by molar-refractivity contribution is 6.30. The zero-order valence-electron chi connectivity index (χ0n) is 19.2. The second-order valence-electron chi connectivity index (χ2n) is 8.56. The average molecular weight is 483 g/mol. The summed E-state index contributed by atoms with van der Waals surface area (Å²) in [4.78, 5) is 45.5. The fraction of sp³-hybridized carbons (Fsp3) is 0.360. The van der Waals surface area contributed by atoms with E-state index in [0.29, 0.717) is 10.7 Å². The number of fused-ring (bicyclic) bond motifs is 1. The highest BCUT2D eigenvalue weighted by atomic mass is 35.5. The van der Waals surface area contributed by atoms with Crippen molar-refractivity contribution in [2.45, 2.75) is 45.7 Å². The van der Waals surface area contributed by atoms with Gasteiger partial charge in [0.25, 0.3) is 0 Å². The average Bonchev–Trinajstić information content (AvgIpc) is 2.84. The summed E-state index contributed by atoms with van der Waals surface area (Å²) in [6.07, 6.45) is 4.36. The number of carbonyl (C=O) groups is 1. The lowest BCUT2D eigenvalue weighted by Gasteiger charge is -2.16. The van der Waals surface area contributed by atoms with E-state index in [0.717, 1.165) is 29.4 Å². The SMILES string of the molecule is COC(=O)[C@@H](C)Cn1c(=O)[nH]/c(=N\c2ccc3c(c2)CCCC3)n(Cc2ccc(Cl)cc2)c1=O. The van der Waals surface area contributed by atoms with E-state index in [1.807, 2.05) is 24.3 Å². The van der Waals surface area contributed by atoms with Crippen LogP contribution in [-0.2, 0) is 35.5 Å². The maximum absolute atomic E-state index is 13.4. The maximum Gasteiger partial charge on any atom is 0.335 e. The molecule has 1 aromatic heterocycles. The quantitative estimate of drug-likeness (QED) is 0.546. The third-order valence-corrected chi connectivity index (χ3v) is 6.31. The Morgan fingerprint density at radius 1 is 1.09 bits per heavy atom. The van der Waals surface area contributed by atoms with Crippen molar-refractivity contribution < 1.29 is 9.53 Å². The number of rotatable bonds is 6. The molecule has 3 aromatic rings. The number of benzene rings is 2. The van der Waals surface area contributed by atoms with E-state index in [-0.39, 0.29) is 18.7 Å². The van der Waals surface area contributed by atoms with Gasteiger partial charge in [-0.3, -0.25) is 14.3 Å². The zero-order chi connectivity index (χ0) is 24.2. The second-order valence-corrected chi connectivity index (χ2v) is 8.99. The van der Waals surface area contributed by atoms with Gasteiger partial charge in [0.15, 0.2) is 0 Å². The number of methoxy groups -OCH3 is 1. The van der Waals surface area contributed by atoms with Gasteiger partial charge in [0.2, 0.25) is 5.62 Å². The summed E-state index contributed by atoms with van der Waals surface area (Å²) in [5.41, 5.74) is 2.99. The first-order valence-corrected chi connectivity index (χ1v) is 11.7. The molecule has 1 aliphatic carbocycles. The Balaban J connectivity index is 1.83. The standard InChI is InChI=1S/C25H27ClN4O4/c1-16(22(31)34-2)14-30-24(32)28-23(27-21-12-9-18-5-3-4-6-19(18)13-21)29(25(30)33)15-17-7-10-20(26)11-8-17/h7-13,16H,3-6,14-15H2,1-2H3,(H,27,28,32)/t16-/m0/s1. The van der Waals surface area contributed by atoms with Crippen LogP contribution in [0.2, 0.25) is 5.02 Å². The van der Waals surface area contributed by atoms with Crippen LogP contribution in [-0.4, -0.2) is 27.2 Å². The summed E-state index contributed by atoms with van der Waals surface area (Å²) in [7, 11) is 1.27. The summed E-state index contributed by atoms with van der Waals surface area (Å²) in [5.74, 6) is -1.17. The highest BCUT2D eigenvalue weighted by Gasteiger charge is 2.18. The minimum absolute atomic E-state index is 0.111. The number of esters is 1. The first kappa shape index (κ1) is 23.8. The van der Waals surface area contributed by atoms with Crippen molar-refractivity contribution in [3.05, 3.63) is 90.8 Å². The molecule has 1 N–H and O–H groups in total. The molecule has 0 fully saturated rings. The predicted octanol–water partition coefficient (Wildman–Crippen LogP) is 2.96. The van der Waals surface area contributed by atoms with E-state index in [1.54, 1.807) is 19.1 Å². The highest BCUT2D eigenvalue weighted by Crippen LogP contribution is 2.25. The molecule has 9 heteroatoms. The Hall–Kier alpha value is -3.39. The minimum atomic E-state index is -0.670. The summed E-state index contributed by atoms with van der Waals surface area (Å²) >= 11 is 6.01. The summed E-state index contributed by atoms with van der Waals surface area (Å²) in [6, 6.07) is 13.1. The molecule has 0 radical (unpaired) electrons. The molecule has 0 saturated heterocycles. The molecule has 1 atom stereocenters. The first-order chi connectivity index (χ1) is 16.4. The second kappa shape index (κ2) is 10.3. The number of halogens is 1. The molecule has 1 aliphatic rings. The van der Waals surface area contributed by atoms with E-state index >= 15 is 0 Å². The van der Waals surface area contributed by atoms with E-state index in [2.05, 4.69) is 16.0 Å². The van der Waals surface area contributed by atoms with Gasteiger partial charge in [-0.2, -0.15) is 0 Å². The lowest BCUT2D eigenvalue weighted by molar-refractivity contribution is -0.145. The predicted molar refractivity (Wildman–Crippen MR) is 129 cm³/mol. The van der Waals surface area contributed by atoms with Gasteiger partial charge in [-0.1, -0.05) is 36.7 Å². The minimum Gasteiger partial charge on any atom is -0.469 e. The van der Waals surface area contributed by atoms with Gasteiger partial charge in [-0.05, 0) is 66.6 Å². The number of hydrogen-bond donors (Lipinski definition) is 1. The molecule has 0 spiro atoms. The van der Waals surface area contributed by atoms with Crippen LogP contribution in [0.1, 0.15) is 36.5 Å². The number of aryl methyl sites for hydroxylation is 2. The third kappa shape index (κ3) is 5.22. The molecule has 0 saturated carbocycles. The summed E-state index contributed by atoms with van der Waals surface area (Å²) < 4.78 is 7.15. The Labute approximate surface area is 201 Å². The molecule has 34 heavy (non-hydrogen) atoms. The van der Waals surface area contributed by atoms with Crippen LogP contribution < -0.4 is 17.0 Å². The molecule has 0 unspecified atom stereocenters. The van der Waals surface area contributed by atoms with Crippen LogP contribution in [0.15, 0.2) is 57.0 Å². The number of nitrogens with zero attached hydrogens (tertiary/aromatic N) is 3. The maximum atomic E-state index is 13.4. The van der Waals surface area contributed by atoms with Gasteiger partial charge in [-0.25, -0.2) is 19.1 Å². The molecule has 178 valence electrons. The molecule has 1 heterocycles. The van der Waals surface area contributed by atoms with Crippen LogP contribution >= 0.6 is 11.6 Å². The van der Waals surface area contributed by atoms with Gasteiger partial charge in [-0.15, -0.1) is 0 Å². The number of aromatic nitrogens is 3. The van der Waals surface area contributed by atoms with Crippen molar-refractivity contribution in [3.8, 4) is 0 Å². The third-order valence-electron chi connectivity index (χ3n) is 6.06. The number of aromatic amines is 1. The molecule has 2 aromatic carbocycles. The number of nitrogens with one attached hydrogen (secondary N) is 1. The van der Waals surface area contributed by atoms with Crippen LogP contribution in [0.25, 0.3) is 0 Å². The number of H-pyrrole nitrogens is 1. The largest absolute Gasteiger partial charge is 0.469 e. The molecule has 8 nitrogen and oxygen atoms in total. The zero-order valence-corrected chi connectivity index (χ0v) is 20.0. The molecule has 0 amide bonds. The molecule has 4 rings (SSSR count). The molecular formula is C25H27ClN4O4. The Kier molecular flexibility index (Phi) is 7.17. The normalized spacial score (nSPS) is 14.5. The topological polar surface area (TPSA) is 98.4 Å². The number of ether oxygens (including phenoxy) is 1. The van der Waals surface area contributed by atoms with E-state index in [9.17, 15) is 14.4 Å². The first-order valence-electron chi connectivity index (χ1n) is 11.3. The van der Waals surface area contributed by atoms with Crippen LogP contribution in [0.5, 0.6) is 0 Å². The van der Waals surface area contributed by atoms with E-state index < -0.39 is 23.3 Å². The van der Waals surface area contributed by atoms with Crippen molar-refractivity contribution in [3.63, 3.8) is 0 Å². The van der Waals surface area contributed by atoms with Crippen molar-refractivity contribution in [2.75, 3.05) is 7.11 Å². The van der Waals surface area contributed by atoms with Gasteiger partial charge in [0, 0.05) is 11.6 Å². The molecule has 0 aliphatic heterocycles. The fourth-order valence-electron chi connectivity index (χ4n) is 4.18. The molecule has 0 bridgehead atoms. The number of carbonyl (C=O) groups excluding carboxylic acids is 1. The lowest BCUT2D eigenvalue weighted by Crippen LogP contribution is -2.51. The fourth-order valence-corrected chi connectivity index (χ4v) is 4.31. The summed E-state index contributed by atoms with van der Waals surface area (Å²) in [5, 5.41) is 0.582. The van der Waals surface area contributed by atoms with Crippen molar-refractivity contribution in [1.29, 1.82) is 0 Å². The molecular weight excluding hydrogens is 456 g/mol. The Morgan fingerprint density at radius 3 is 2.50 bits per heavy atom.